The molecule has 2 aromatic rings. The van der Waals surface area contributed by atoms with E-state index in [1.165, 1.54) is 10.0 Å². The number of halogens is 1. The zero-order valence-electron chi connectivity index (χ0n) is 13.9. The second-order valence-corrected chi connectivity index (χ2v) is 9.79. The van der Waals surface area contributed by atoms with Crippen molar-refractivity contribution in [2.75, 3.05) is 13.1 Å². The van der Waals surface area contributed by atoms with Crippen molar-refractivity contribution >= 4 is 59.3 Å². The summed E-state index contributed by atoms with van der Waals surface area (Å²) in [6.07, 6.45) is 0. The number of nitrogens with zero attached hydrogens (tertiary/aromatic N) is 1. The van der Waals surface area contributed by atoms with Crippen molar-refractivity contribution < 1.29 is 0 Å². The van der Waals surface area contributed by atoms with E-state index >= 15 is 0 Å². The van der Waals surface area contributed by atoms with Gasteiger partial charge in [0.25, 0.3) is 0 Å². The first kappa shape index (κ1) is 19.8. The standard InChI is InChI=1S/C19H22ClNS2Se/c1-3-21(4-2)19(22)23-18(15-10-12-16(20)13-11-15)14-24-17-8-6-5-7-9-17/h5-13,18H,3-4,14H2,1-2H3. The first-order valence-corrected chi connectivity index (χ1v) is 11.8. The van der Waals surface area contributed by atoms with Crippen LogP contribution in [0.5, 0.6) is 0 Å². The average molecular weight is 443 g/mol. The number of rotatable bonds is 7. The minimum absolute atomic E-state index is 0.371. The molecule has 0 aliphatic carbocycles. The van der Waals surface area contributed by atoms with E-state index in [-0.39, 0.29) is 0 Å². The topological polar surface area (TPSA) is 3.24 Å². The van der Waals surface area contributed by atoms with Crippen LogP contribution >= 0.6 is 35.6 Å². The molecule has 0 fully saturated rings. The van der Waals surface area contributed by atoms with Gasteiger partial charge in [-0.3, -0.25) is 0 Å². The van der Waals surface area contributed by atoms with E-state index < -0.39 is 0 Å². The monoisotopic (exact) mass is 443 g/mol. The molecule has 0 N–H and O–H groups in total. The molecule has 2 rings (SSSR count). The third kappa shape index (κ3) is 6.09. The summed E-state index contributed by atoms with van der Waals surface area (Å²) >= 11 is 14.0. The predicted octanol–water partition coefficient (Wildman–Crippen LogP) is 5.19. The third-order valence-electron chi connectivity index (χ3n) is 3.65. The molecular formula is C19H22ClNS2Se. The molecular weight excluding hydrogens is 421 g/mol. The van der Waals surface area contributed by atoms with Gasteiger partial charge < -0.3 is 0 Å². The van der Waals surface area contributed by atoms with Crippen molar-refractivity contribution in [3.63, 3.8) is 0 Å². The summed E-state index contributed by atoms with van der Waals surface area (Å²) in [5, 5.41) is 2.27. The van der Waals surface area contributed by atoms with Crippen LogP contribution in [0.3, 0.4) is 0 Å². The molecule has 0 bridgehead atoms. The van der Waals surface area contributed by atoms with Crippen LogP contribution in [-0.4, -0.2) is 37.3 Å². The Hall–Kier alpha value is -0.511. The van der Waals surface area contributed by atoms with Crippen LogP contribution in [-0.2, 0) is 0 Å². The van der Waals surface area contributed by atoms with Gasteiger partial charge in [-0.25, -0.2) is 0 Å². The van der Waals surface area contributed by atoms with E-state index in [0.717, 1.165) is 27.8 Å². The predicted molar refractivity (Wildman–Crippen MR) is 114 cm³/mol. The maximum atomic E-state index is 6.05. The summed E-state index contributed by atoms with van der Waals surface area (Å²) in [4.78, 5) is 2.25. The molecule has 0 spiro atoms. The first-order valence-electron chi connectivity index (χ1n) is 8.02. The van der Waals surface area contributed by atoms with Gasteiger partial charge in [-0.05, 0) is 0 Å². The van der Waals surface area contributed by atoms with Crippen LogP contribution in [0.4, 0.5) is 0 Å². The van der Waals surface area contributed by atoms with Gasteiger partial charge >= 0.3 is 167 Å². The Balaban J connectivity index is 2.11. The zero-order chi connectivity index (χ0) is 17.4. The van der Waals surface area contributed by atoms with Crippen molar-refractivity contribution in [3.8, 4) is 0 Å². The van der Waals surface area contributed by atoms with E-state index in [2.05, 4.69) is 61.2 Å². The number of thioether (sulfide) groups is 1. The van der Waals surface area contributed by atoms with Crippen LogP contribution < -0.4 is 4.46 Å². The number of thiocarbonyl (C=S) groups is 1. The molecule has 0 saturated heterocycles. The Kier molecular flexibility index (Phi) is 8.64. The van der Waals surface area contributed by atoms with Crippen LogP contribution in [0, 0.1) is 0 Å². The van der Waals surface area contributed by atoms with Gasteiger partial charge in [0, 0.05) is 0 Å². The Morgan fingerprint density at radius 3 is 2.29 bits per heavy atom. The molecule has 0 saturated carbocycles. The molecule has 1 atom stereocenters. The van der Waals surface area contributed by atoms with Crippen LogP contribution in [0.1, 0.15) is 24.7 Å². The summed E-state index contributed by atoms with van der Waals surface area (Å²) in [5.74, 6) is 0. The second kappa shape index (κ2) is 10.5. The molecule has 0 amide bonds. The fourth-order valence-corrected chi connectivity index (χ4v) is 6.63. The number of hydrogen-bond acceptors (Lipinski definition) is 2. The van der Waals surface area contributed by atoms with E-state index in [1.54, 1.807) is 0 Å². The van der Waals surface area contributed by atoms with E-state index in [1.807, 2.05) is 23.9 Å². The molecule has 5 heteroatoms. The van der Waals surface area contributed by atoms with Gasteiger partial charge in [0.2, 0.25) is 0 Å². The number of benzene rings is 2. The van der Waals surface area contributed by atoms with Crippen LogP contribution in [0.2, 0.25) is 10.3 Å². The fraction of sp³-hybridized carbons (Fsp3) is 0.316. The van der Waals surface area contributed by atoms with Gasteiger partial charge in [-0.1, -0.05) is 0 Å². The van der Waals surface area contributed by atoms with Gasteiger partial charge in [0.05, 0.1) is 0 Å². The Labute approximate surface area is 166 Å². The van der Waals surface area contributed by atoms with Crippen molar-refractivity contribution in [1.82, 2.24) is 4.90 Å². The van der Waals surface area contributed by atoms with Gasteiger partial charge in [-0.15, -0.1) is 0 Å². The molecule has 1 unspecified atom stereocenters. The molecule has 1 nitrogen and oxygen atoms in total. The van der Waals surface area contributed by atoms with Crippen molar-refractivity contribution in [2.24, 2.45) is 0 Å². The zero-order valence-corrected chi connectivity index (χ0v) is 18.0. The summed E-state index contributed by atoms with van der Waals surface area (Å²) in [6.45, 7) is 6.22. The molecule has 0 radical (unpaired) electrons. The van der Waals surface area contributed by atoms with Gasteiger partial charge in [0.1, 0.15) is 0 Å². The molecule has 128 valence electrons. The van der Waals surface area contributed by atoms with E-state index in [9.17, 15) is 0 Å². The average Bonchev–Trinajstić information content (AvgIpc) is 2.61. The van der Waals surface area contributed by atoms with Crippen LogP contribution in [0.25, 0.3) is 0 Å². The van der Waals surface area contributed by atoms with Crippen LogP contribution in [0.15, 0.2) is 54.6 Å². The molecule has 24 heavy (non-hydrogen) atoms. The third-order valence-corrected chi connectivity index (χ3v) is 8.43. The summed E-state index contributed by atoms with van der Waals surface area (Å²) in [5.41, 5.74) is 1.30. The summed E-state index contributed by atoms with van der Waals surface area (Å²) in [6, 6.07) is 18.9. The van der Waals surface area contributed by atoms with Crippen molar-refractivity contribution in [2.45, 2.75) is 24.4 Å². The summed E-state index contributed by atoms with van der Waals surface area (Å²) < 4.78 is 2.42. The Morgan fingerprint density at radius 1 is 1.08 bits per heavy atom. The SMILES string of the molecule is CCN(CC)C(=S)SC(C[Se]c1ccccc1)c1ccc(Cl)cc1. The molecule has 0 heterocycles. The minimum atomic E-state index is 0.371. The summed E-state index contributed by atoms with van der Waals surface area (Å²) in [7, 11) is 0. The van der Waals surface area contributed by atoms with E-state index in [0.29, 0.717) is 20.2 Å². The normalized spacial score (nSPS) is 12.0. The molecule has 0 aromatic heterocycles. The first-order chi connectivity index (χ1) is 11.6. The van der Waals surface area contributed by atoms with Gasteiger partial charge in [-0.2, -0.15) is 0 Å². The molecule has 0 aliphatic heterocycles. The molecule has 0 aliphatic rings. The Morgan fingerprint density at radius 2 is 1.71 bits per heavy atom. The van der Waals surface area contributed by atoms with Crippen molar-refractivity contribution in [1.29, 1.82) is 0 Å². The Bertz CT molecular complexity index is 630. The molecule has 2 aromatic carbocycles. The quantitative estimate of drug-likeness (QED) is 0.429. The van der Waals surface area contributed by atoms with Gasteiger partial charge in [0.15, 0.2) is 0 Å². The maximum absolute atomic E-state index is 6.05. The fourth-order valence-electron chi connectivity index (χ4n) is 2.24. The van der Waals surface area contributed by atoms with Crippen molar-refractivity contribution in [3.05, 3.63) is 65.2 Å². The van der Waals surface area contributed by atoms with E-state index in [4.69, 9.17) is 23.8 Å². The second-order valence-electron chi connectivity index (χ2n) is 5.22. The number of hydrogen-bond donors (Lipinski definition) is 0.